The van der Waals surface area contributed by atoms with Crippen LogP contribution in [0.25, 0.3) is 10.8 Å². The maximum atomic E-state index is 11.5. The lowest BCUT2D eigenvalue weighted by atomic mass is 9.84. The number of benzene rings is 2. The van der Waals surface area contributed by atoms with E-state index in [0.29, 0.717) is 12.7 Å². The van der Waals surface area contributed by atoms with Crippen molar-refractivity contribution in [1.82, 2.24) is 5.32 Å². The fourth-order valence-electron chi connectivity index (χ4n) is 4.58. The minimum atomic E-state index is -0.470. The van der Waals surface area contributed by atoms with Crippen molar-refractivity contribution < 1.29 is 14.3 Å². The van der Waals surface area contributed by atoms with E-state index in [4.69, 9.17) is 9.47 Å². The van der Waals surface area contributed by atoms with E-state index in [0.717, 1.165) is 26.2 Å². The van der Waals surface area contributed by atoms with Crippen molar-refractivity contribution in [1.29, 1.82) is 0 Å². The summed E-state index contributed by atoms with van der Waals surface area (Å²) in [6, 6.07) is 10.6. The highest BCUT2D eigenvalue weighted by atomic mass is 127. The molecule has 2 aromatic rings. The van der Waals surface area contributed by atoms with Crippen LogP contribution in [0.1, 0.15) is 64.4 Å². The van der Waals surface area contributed by atoms with E-state index in [1.165, 1.54) is 50.3 Å². The van der Waals surface area contributed by atoms with E-state index in [-0.39, 0.29) is 6.09 Å². The second kappa shape index (κ2) is 8.70. The number of alkyl carbamates (subject to hydrolysis) is 1. The van der Waals surface area contributed by atoms with Gasteiger partial charge >= 0.3 is 6.09 Å². The quantitative estimate of drug-likeness (QED) is 0.453. The number of ether oxygens (including phenoxy) is 2. The van der Waals surface area contributed by atoms with Crippen molar-refractivity contribution >= 4 is 39.5 Å². The molecule has 0 radical (unpaired) electrons. The lowest BCUT2D eigenvalue weighted by molar-refractivity contribution is 0.127. The largest absolute Gasteiger partial charge is 0.489 e. The van der Waals surface area contributed by atoms with Crippen molar-refractivity contribution in [3.8, 4) is 5.75 Å². The first kappa shape index (κ1) is 20.8. The van der Waals surface area contributed by atoms with Crippen molar-refractivity contribution in [3.05, 3.63) is 39.5 Å². The van der Waals surface area contributed by atoms with Crippen LogP contribution in [0.3, 0.4) is 0 Å². The zero-order valence-electron chi connectivity index (χ0n) is 17.3. The number of hydrogen-bond acceptors (Lipinski definition) is 3. The van der Waals surface area contributed by atoms with Gasteiger partial charge in [-0.3, -0.25) is 0 Å². The first-order valence-corrected chi connectivity index (χ1v) is 11.9. The van der Waals surface area contributed by atoms with Gasteiger partial charge in [-0.25, -0.2) is 4.79 Å². The molecule has 4 nitrogen and oxygen atoms in total. The molecule has 1 heterocycles. The number of cyclic esters (lactones) is 1. The van der Waals surface area contributed by atoms with Crippen LogP contribution in [0.15, 0.2) is 30.3 Å². The molecule has 1 aliphatic heterocycles. The molecule has 1 amide bonds. The standard InChI is InChI=1S/C24H30INO3/c1-3-4-5-16-6-10-19(11-7-16)29-21-13-8-17-14-18(9-12-20(17)22(21)25)24(2)15-28-23(27)26-24/h8-9,12-14,16,19H,3-7,10-11,15H2,1-2H3,(H,26,27)/t16?,19?,24-/m0/s1. The molecular weight excluding hydrogens is 477 g/mol. The normalized spacial score (nSPS) is 26.9. The van der Waals surface area contributed by atoms with Crippen LogP contribution in [-0.4, -0.2) is 18.8 Å². The number of fused-ring (bicyclic) bond motifs is 1. The van der Waals surface area contributed by atoms with E-state index in [1.54, 1.807) is 0 Å². The summed E-state index contributed by atoms with van der Waals surface area (Å²) in [5.74, 6) is 1.89. The van der Waals surface area contributed by atoms with Crippen LogP contribution in [-0.2, 0) is 10.3 Å². The van der Waals surface area contributed by atoms with E-state index in [9.17, 15) is 4.79 Å². The van der Waals surface area contributed by atoms with Crippen molar-refractivity contribution in [2.45, 2.75) is 70.4 Å². The summed E-state index contributed by atoms with van der Waals surface area (Å²) < 4.78 is 12.7. The minimum absolute atomic E-state index is 0.336. The Labute approximate surface area is 186 Å². The van der Waals surface area contributed by atoms with Crippen molar-refractivity contribution in [3.63, 3.8) is 0 Å². The zero-order valence-corrected chi connectivity index (χ0v) is 19.5. The van der Waals surface area contributed by atoms with Crippen LogP contribution in [0.4, 0.5) is 4.79 Å². The summed E-state index contributed by atoms with van der Waals surface area (Å²) in [4.78, 5) is 11.5. The van der Waals surface area contributed by atoms with Crippen LogP contribution in [0, 0.1) is 9.49 Å². The third-order valence-electron chi connectivity index (χ3n) is 6.48. The van der Waals surface area contributed by atoms with Gasteiger partial charge in [0.05, 0.1) is 15.2 Å². The fourth-order valence-corrected chi connectivity index (χ4v) is 5.38. The Morgan fingerprint density at radius 2 is 2.00 bits per heavy atom. The predicted octanol–water partition coefficient (Wildman–Crippen LogP) is 6.53. The van der Waals surface area contributed by atoms with E-state index < -0.39 is 5.54 Å². The number of carbonyl (C=O) groups is 1. The summed E-state index contributed by atoms with van der Waals surface area (Å²) in [6.07, 6.45) is 8.94. The smallest absolute Gasteiger partial charge is 0.408 e. The Kier molecular flexibility index (Phi) is 6.23. The molecule has 0 bridgehead atoms. The lowest BCUT2D eigenvalue weighted by Crippen LogP contribution is -2.37. The molecule has 1 atom stereocenters. The number of hydrogen-bond donors (Lipinski definition) is 1. The molecule has 29 heavy (non-hydrogen) atoms. The number of unbranched alkanes of at least 4 members (excludes halogenated alkanes) is 1. The van der Waals surface area contributed by atoms with Gasteiger partial charge in [-0.2, -0.15) is 0 Å². The fraction of sp³-hybridized carbons (Fsp3) is 0.542. The number of nitrogens with one attached hydrogen (secondary N) is 1. The van der Waals surface area contributed by atoms with Gasteiger partial charge in [0.15, 0.2) is 0 Å². The van der Waals surface area contributed by atoms with E-state index in [2.05, 4.69) is 65.2 Å². The second-order valence-corrected chi connectivity index (χ2v) is 9.83. The number of carbonyl (C=O) groups excluding carboxylic acids is 1. The molecule has 1 N–H and O–H groups in total. The first-order chi connectivity index (χ1) is 14.0. The molecule has 5 heteroatoms. The van der Waals surface area contributed by atoms with Crippen LogP contribution >= 0.6 is 22.6 Å². The molecule has 156 valence electrons. The van der Waals surface area contributed by atoms with Gasteiger partial charge < -0.3 is 14.8 Å². The third-order valence-corrected chi connectivity index (χ3v) is 7.59. The highest BCUT2D eigenvalue weighted by Gasteiger charge is 2.36. The predicted molar refractivity (Wildman–Crippen MR) is 124 cm³/mol. The summed E-state index contributed by atoms with van der Waals surface area (Å²) in [5, 5.41) is 5.27. The first-order valence-electron chi connectivity index (χ1n) is 10.8. The molecular formula is C24H30INO3. The van der Waals surface area contributed by atoms with Gasteiger partial charge in [0.25, 0.3) is 0 Å². The van der Waals surface area contributed by atoms with Crippen LogP contribution in [0.5, 0.6) is 5.75 Å². The average molecular weight is 507 g/mol. The van der Waals surface area contributed by atoms with E-state index in [1.807, 2.05) is 6.92 Å². The Hall–Kier alpha value is -1.50. The molecule has 2 aromatic carbocycles. The SMILES string of the molecule is CCCCC1CCC(Oc2ccc3cc([C@]4(C)COC(=O)N4)ccc3c2I)CC1. The molecule has 1 aliphatic carbocycles. The second-order valence-electron chi connectivity index (χ2n) is 8.75. The van der Waals surface area contributed by atoms with E-state index >= 15 is 0 Å². The zero-order chi connectivity index (χ0) is 20.4. The Bertz CT molecular complexity index is 891. The molecule has 0 unspecified atom stereocenters. The summed E-state index contributed by atoms with van der Waals surface area (Å²) in [5.41, 5.74) is 0.591. The van der Waals surface area contributed by atoms with Crippen molar-refractivity contribution in [2.24, 2.45) is 5.92 Å². The summed E-state index contributed by atoms with van der Waals surface area (Å²) >= 11 is 2.40. The molecule has 2 aliphatic rings. The maximum Gasteiger partial charge on any atom is 0.408 e. The highest BCUT2D eigenvalue weighted by Crippen LogP contribution is 2.36. The number of rotatable bonds is 6. The average Bonchev–Trinajstić information content (AvgIpc) is 3.09. The maximum absolute atomic E-state index is 11.5. The molecule has 2 fully saturated rings. The van der Waals surface area contributed by atoms with Gasteiger partial charge in [-0.1, -0.05) is 44.4 Å². The van der Waals surface area contributed by atoms with Gasteiger partial charge in [0, 0.05) is 0 Å². The third kappa shape index (κ3) is 4.49. The topological polar surface area (TPSA) is 47.6 Å². The summed E-state index contributed by atoms with van der Waals surface area (Å²) in [7, 11) is 0. The van der Waals surface area contributed by atoms with Crippen LogP contribution in [0.2, 0.25) is 0 Å². The lowest BCUT2D eigenvalue weighted by Gasteiger charge is -2.29. The minimum Gasteiger partial charge on any atom is -0.489 e. The van der Waals surface area contributed by atoms with Gasteiger partial charge in [-0.15, -0.1) is 0 Å². The Balaban J connectivity index is 1.47. The Morgan fingerprint density at radius 3 is 2.69 bits per heavy atom. The number of amides is 1. The summed E-state index contributed by atoms with van der Waals surface area (Å²) in [6.45, 7) is 4.63. The monoisotopic (exact) mass is 507 g/mol. The van der Waals surface area contributed by atoms with Crippen molar-refractivity contribution in [2.75, 3.05) is 6.61 Å². The van der Waals surface area contributed by atoms with Gasteiger partial charge in [-0.05, 0) is 89.6 Å². The molecule has 0 aromatic heterocycles. The number of halogens is 1. The van der Waals surface area contributed by atoms with Gasteiger partial charge in [0.2, 0.25) is 0 Å². The Morgan fingerprint density at radius 1 is 1.21 bits per heavy atom. The molecule has 0 spiro atoms. The highest BCUT2D eigenvalue weighted by molar-refractivity contribution is 14.1. The molecule has 1 saturated carbocycles. The van der Waals surface area contributed by atoms with Gasteiger partial charge in [0.1, 0.15) is 12.4 Å². The molecule has 1 saturated heterocycles. The van der Waals surface area contributed by atoms with Crippen LogP contribution < -0.4 is 10.1 Å². The molecule has 4 rings (SSSR count).